The average Bonchev–Trinajstić information content (AvgIpc) is 1.87. The topological polar surface area (TPSA) is 26.3 Å². The second-order valence-electron chi connectivity index (χ2n) is 1.90. The van der Waals surface area contributed by atoms with Crippen LogP contribution in [-0.4, -0.2) is 18.4 Å². The van der Waals surface area contributed by atoms with Crippen molar-refractivity contribution in [1.29, 1.82) is 0 Å². The Hall–Kier alpha value is -0.0500. The van der Waals surface area contributed by atoms with E-state index in [1.54, 1.807) is 0 Å². The molecule has 54 valence electrons. The van der Waals surface area contributed by atoms with Crippen LogP contribution in [0.25, 0.3) is 0 Å². The number of carbonyl (C=O) groups is 1. The van der Waals surface area contributed by atoms with Crippen molar-refractivity contribution in [2.75, 3.05) is 12.4 Å². The lowest BCUT2D eigenvalue weighted by Gasteiger charge is -2.04. The lowest BCUT2D eigenvalue weighted by molar-refractivity contribution is -0.144. The van der Waals surface area contributed by atoms with Gasteiger partial charge in [0.15, 0.2) is 0 Å². The van der Waals surface area contributed by atoms with Crippen molar-refractivity contribution in [2.45, 2.75) is 13.3 Å². The molecule has 2 nitrogen and oxygen atoms in total. The minimum atomic E-state index is -0.130. The van der Waals surface area contributed by atoms with Crippen molar-refractivity contribution in [3.8, 4) is 0 Å². The lowest BCUT2D eigenvalue weighted by Crippen LogP contribution is -2.12. The monoisotopic (exact) mass is 194 g/mol. The number of hydrogen-bond donors (Lipinski definition) is 0. The van der Waals surface area contributed by atoms with E-state index in [1.807, 2.05) is 6.92 Å². The van der Waals surface area contributed by atoms with E-state index in [0.717, 1.165) is 11.8 Å². The molecule has 0 rings (SSSR count). The molecule has 0 aromatic heterocycles. The summed E-state index contributed by atoms with van der Waals surface area (Å²) in [5.74, 6) is -0.108. The quantitative estimate of drug-likeness (QED) is 0.504. The Balaban J connectivity index is 3.45. The maximum Gasteiger partial charge on any atom is 0.308 e. The molecule has 0 spiro atoms. The first-order valence-corrected chi connectivity index (χ1v) is 3.98. The number of alkyl halides is 1. The fourth-order valence-corrected chi connectivity index (χ4v) is 1.17. The van der Waals surface area contributed by atoms with E-state index in [4.69, 9.17) is 0 Å². The van der Waals surface area contributed by atoms with E-state index in [0.29, 0.717) is 0 Å². The SMILES string of the molecule is COC(=O)[C@H](C)CCBr. The maximum absolute atomic E-state index is 10.7. The molecule has 0 amide bonds. The average molecular weight is 195 g/mol. The molecule has 0 saturated carbocycles. The second kappa shape index (κ2) is 4.79. The Bertz CT molecular complexity index is 93.1. The molecule has 0 N–H and O–H groups in total. The summed E-state index contributed by atoms with van der Waals surface area (Å²) in [6, 6.07) is 0. The fourth-order valence-electron chi connectivity index (χ4n) is 0.483. The van der Waals surface area contributed by atoms with E-state index in [2.05, 4.69) is 20.7 Å². The van der Waals surface area contributed by atoms with Crippen LogP contribution in [0.5, 0.6) is 0 Å². The molecule has 0 unspecified atom stereocenters. The van der Waals surface area contributed by atoms with E-state index in [1.165, 1.54) is 7.11 Å². The van der Waals surface area contributed by atoms with Gasteiger partial charge in [-0.25, -0.2) is 0 Å². The predicted molar refractivity (Wildman–Crippen MR) is 39.6 cm³/mol. The van der Waals surface area contributed by atoms with Gasteiger partial charge in [0.25, 0.3) is 0 Å². The van der Waals surface area contributed by atoms with Gasteiger partial charge in [0, 0.05) is 5.33 Å². The highest BCUT2D eigenvalue weighted by molar-refractivity contribution is 9.09. The third-order valence-electron chi connectivity index (χ3n) is 1.15. The highest BCUT2D eigenvalue weighted by Gasteiger charge is 2.10. The van der Waals surface area contributed by atoms with Crippen LogP contribution in [0.3, 0.4) is 0 Å². The van der Waals surface area contributed by atoms with E-state index < -0.39 is 0 Å². The third kappa shape index (κ3) is 3.51. The van der Waals surface area contributed by atoms with Gasteiger partial charge < -0.3 is 4.74 Å². The normalized spacial score (nSPS) is 12.8. The molecule has 9 heavy (non-hydrogen) atoms. The molecule has 0 radical (unpaired) electrons. The van der Waals surface area contributed by atoms with Crippen molar-refractivity contribution < 1.29 is 9.53 Å². The van der Waals surface area contributed by atoms with Gasteiger partial charge in [0.2, 0.25) is 0 Å². The Morgan fingerprint density at radius 1 is 1.78 bits per heavy atom. The van der Waals surface area contributed by atoms with Gasteiger partial charge in [-0.1, -0.05) is 22.9 Å². The van der Waals surface area contributed by atoms with Gasteiger partial charge in [-0.3, -0.25) is 4.79 Å². The smallest absolute Gasteiger partial charge is 0.308 e. The fraction of sp³-hybridized carbons (Fsp3) is 0.833. The maximum atomic E-state index is 10.7. The van der Waals surface area contributed by atoms with Gasteiger partial charge in [0.05, 0.1) is 13.0 Å². The van der Waals surface area contributed by atoms with E-state index in [9.17, 15) is 4.79 Å². The summed E-state index contributed by atoms with van der Waals surface area (Å²) < 4.78 is 4.50. The molecule has 0 aliphatic rings. The van der Waals surface area contributed by atoms with Crippen molar-refractivity contribution in [1.82, 2.24) is 0 Å². The van der Waals surface area contributed by atoms with Gasteiger partial charge in [0.1, 0.15) is 0 Å². The Labute approximate surface area is 63.7 Å². The minimum absolute atomic E-state index is 0.0226. The summed E-state index contributed by atoms with van der Waals surface area (Å²) in [7, 11) is 1.41. The predicted octanol–water partition coefficient (Wildman–Crippen LogP) is 1.58. The molecule has 0 aliphatic carbocycles. The van der Waals surface area contributed by atoms with Gasteiger partial charge in [-0.15, -0.1) is 0 Å². The van der Waals surface area contributed by atoms with Gasteiger partial charge >= 0.3 is 5.97 Å². The zero-order chi connectivity index (χ0) is 7.28. The summed E-state index contributed by atoms with van der Waals surface area (Å²) in [5, 5.41) is 0.850. The first-order valence-electron chi connectivity index (χ1n) is 2.86. The number of methoxy groups -OCH3 is 1. The molecule has 1 atom stereocenters. The molecular formula is C6H11BrO2. The zero-order valence-corrected chi connectivity index (χ0v) is 7.27. The van der Waals surface area contributed by atoms with Gasteiger partial charge in [-0.2, -0.15) is 0 Å². The molecule has 0 fully saturated rings. The number of carbonyl (C=O) groups excluding carboxylic acids is 1. The van der Waals surface area contributed by atoms with Gasteiger partial charge in [-0.05, 0) is 6.42 Å². The van der Waals surface area contributed by atoms with Crippen LogP contribution in [0.15, 0.2) is 0 Å². The summed E-state index contributed by atoms with van der Waals surface area (Å²) >= 11 is 3.24. The summed E-state index contributed by atoms with van der Waals surface area (Å²) in [6.07, 6.45) is 0.840. The summed E-state index contributed by atoms with van der Waals surface area (Å²) in [5.41, 5.74) is 0. The molecule has 3 heteroatoms. The Morgan fingerprint density at radius 2 is 2.33 bits per heavy atom. The van der Waals surface area contributed by atoms with Crippen LogP contribution >= 0.6 is 15.9 Å². The first kappa shape index (κ1) is 8.95. The van der Waals surface area contributed by atoms with Crippen molar-refractivity contribution in [2.24, 2.45) is 5.92 Å². The highest BCUT2D eigenvalue weighted by Crippen LogP contribution is 2.05. The summed E-state index contributed by atoms with van der Waals surface area (Å²) in [4.78, 5) is 10.7. The highest BCUT2D eigenvalue weighted by atomic mass is 79.9. The van der Waals surface area contributed by atoms with E-state index in [-0.39, 0.29) is 11.9 Å². The third-order valence-corrected chi connectivity index (χ3v) is 1.60. The number of hydrogen-bond acceptors (Lipinski definition) is 2. The number of ether oxygens (including phenoxy) is 1. The lowest BCUT2D eigenvalue weighted by atomic mass is 10.1. The Kier molecular flexibility index (Phi) is 4.77. The molecular weight excluding hydrogens is 184 g/mol. The van der Waals surface area contributed by atoms with Crippen LogP contribution in [0.4, 0.5) is 0 Å². The first-order chi connectivity index (χ1) is 4.22. The van der Waals surface area contributed by atoms with Crippen LogP contribution in [0, 0.1) is 5.92 Å². The van der Waals surface area contributed by atoms with E-state index >= 15 is 0 Å². The van der Waals surface area contributed by atoms with Crippen LogP contribution in [-0.2, 0) is 9.53 Å². The van der Waals surface area contributed by atoms with Crippen LogP contribution in [0.1, 0.15) is 13.3 Å². The minimum Gasteiger partial charge on any atom is -0.469 e. The molecule has 0 saturated heterocycles. The van der Waals surface area contributed by atoms with Crippen molar-refractivity contribution >= 4 is 21.9 Å². The zero-order valence-electron chi connectivity index (χ0n) is 5.69. The van der Waals surface area contributed by atoms with Crippen molar-refractivity contribution in [3.05, 3.63) is 0 Å². The molecule has 0 bridgehead atoms. The Morgan fingerprint density at radius 3 is 2.67 bits per heavy atom. The van der Waals surface area contributed by atoms with Crippen LogP contribution < -0.4 is 0 Å². The number of halogens is 1. The molecule has 0 aromatic carbocycles. The standard InChI is InChI=1S/C6H11BrO2/c1-5(3-4-7)6(8)9-2/h5H,3-4H2,1-2H3/t5-/m1/s1. The molecule has 0 aromatic rings. The molecule has 0 aliphatic heterocycles. The second-order valence-corrected chi connectivity index (χ2v) is 2.69. The number of esters is 1. The number of rotatable bonds is 3. The molecule has 0 heterocycles. The largest absolute Gasteiger partial charge is 0.469 e. The summed E-state index contributed by atoms with van der Waals surface area (Å²) in [6.45, 7) is 1.85. The van der Waals surface area contributed by atoms with Crippen LogP contribution in [0.2, 0.25) is 0 Å². The van der Waals surface area contributed by atoms with Crippen molar-refractivity contribution in [3.63, 3.8) is 0 Å².